The molecule has 2 heterocycles. The number of hydrogen-bond donors (Lipinski definition) is 3. The Morgan fingerprint density at radius 3 is 2.35 bits per heavy atom. The van der Waals surface area contributed by atoms with E-state index in [1.165, 1.54) is 13.3 Å². The highest BCUT2D eigenvalue weighted by molar-refractivity contribution is 5.95. The van der Waals surface area contributed by atoms with Gasteiger partial charge >= 0.3 is 12.1 Å². The predicted octanol–water partition coefficient (Wildman–Crippen LogP) is 2.60. The zero-order valence-corrected chi connectivity index (χ0v) is 17.6. The number of carbonyl (C=O) groups excluding carboxylic acids is 3. The molecule has 3 aliphatic rings. The molecule has 4 rings (SSSR count). The highest BCUT2D eigenvalue weighted by Gasteiger charge is 2.50. The summed E-state index contributed by atoms with van der Waals surface area (Å²) in [4.78, 5) is 35.9. The molecule has 0 aromatic heterocycles. The maximum atomic E-state index is 12.3. The fourth-order valence-electron chi connectivity index (χ4n) is 4.40. The highest BCUT2D eigenvalue weighted by atomic mass is 16.6. The Labute approximate surface area is 181 Å². The number of benzene rings is 1. The first-order valence-corrected chi connectivity index (χ1v) is 10.9. The largest absolute Gasteiger partial charge is 0.441 e. The van der Waals surface area contributed by atoms with E-state index in [-0.39, 0.29) is 36.6 Å². The van der Waals surface area contributed by atoms with Crippen molar-refractivity contribution in [3.63, 3.8) is 0 Å². The number of nitrogens with one attached hydrogen (secondary N) is 3. The van der Waals surface area contributed by atoms with E-state index in [1.807, 2.05) is 0 Å². The number of urea groups is 1. The summed E-state index contributed by atoms with van der Waals surface area (Å²) in [6, 6.07) is 6.29. The SMILES string of the molecule is CC(=O)c1ccc(NC(=O)O[C@H]2CO[C@@H]3[C@@H]2OC[C@@H]3NC(=O)NC2CCCCC2)cc1. The van der Waals surface area contributed by atoms with Gasteiger partial charge < -0.3 is 24.8 Å². The molecule has 3 fully saturated rings. The lowest BCUT2D eigenvalue weighted by Gasteiger charge is -2.24. The summed E-state index contributed by atoms with van der Waals surface area (Å²) in [5.74, 6) is -0.0442. The van der Waals surface area contributed by atoms with E-state index in [4.69, 9.17) is 14.2 Å². The molecule has 0 spiro atoms. The van der Waals surface area contributed by atoms with Crippen molar-refractivity contribution in [2.75, 3.05) is 18.5 Å². The highest BCUT2D eigenvalue weighted by Crippen LogP contribution is 2.29. The molecule has 168 valence electrons. The summed E-state index contributed by atoms with van der Waals surface area (Å²) in [6.45, 7) is 1.99. The summed E-state index contributed by atoms with van der Waals surface area (Å²) in [5.41, 5.74) is 1.09. The van der Waals surface area contributed by atoms with Gasteiger partial charge in [0.2, 0.25) is 0 Å². The van der Waals surface area contributed by atoms with Crippen LogP contribution in [0.1, 0.15) is 49.4 Å². The lowest BCUT2D eigenvalue weighted by atomic mass is 9.96. The van der Waals surface area contributed by atoms with Gasteiger partial charge in [-0.05, 0) is 44.0 Å². The number of carbonyl (C=O) groups is 3. The Kier molecular flexibility index (Phi) is 6.72. The van der Waals surface area contributed by atoms with Gasteiger partial charge in [-0.2, -0.15) is 0 Å². The molecule has 2 saturated heterocycles. The Bertz CT molecular complexity index is 808. The third kappa shape index (κ3) is 5.34. The Morgan fingerprint density at radius 1 is 0.935 bits per heavy atom. The molecular formula is C22H29N3O6. The van der Waals surface area contributed by atoms with E-state index in [0.29, 0.717) is 17.9 Å². The maximum Gasteiger partial charge on any atom is 0.412 e. The summed E-state index contributed by atoms with van der Waals surface area (Å²) < 4.78 is 17.0. The molecule has 9 heteroatoms. The normalized spacial score (nSPS) is 27.9. The van der Waals surface area contributed by atoms with Crippen LogP contribution in [-0.2, 0) is 14.2 Å². The molecule has 3 N–H and O–H groups in total. The fraction of sp³-hybridized carbons (Fsp3) is 0.591. The lowest BCUT2D eigenvalue weighted by Crippen LogP contribution is -2.51. The van der Waals surface area contributed by atoms with Crippen LogP contribution in [0.15, 0.2) is 24.3 Å². The zero-order valence-electron chi connectivity index (χ0n) is 17.6. The molecule has 3 amide bonds. The fourth-order valence-corrected chi connectivity index (χ4v) is 4.40. The third-order valence-electron chi connectivity index (χ3n) is 6.06. The van der Waals surface area contributed by atoms with Crippen molar-refractivity contribution in [3.8, 4) is 0 Å². The average Bonchev–Trinajstić information content (AvgIpc) is 3.32. The van der Waals surface area contributed by atoms with Crippen molar-refractivity contribution in [1.82, 2.24) is 10.6 Å². The second-order valence-electron chi connectivity index (χ2n) is 8.36. The predicted molar refractivity (Wildman–Crippen MR) is 112 cm³/mol. The van der Waals surface area contributed by atoms with Gasteiger partial charge in [0.15, 0.2) is 11.9 Å². The summed E-state index contributed by atoms with van der Waals surface area (Å²) in [7, 11) is 0. The van der Waals surface area contributed by atoms with Crippen LogP contribution in [0.2, 0.25) is 0 Å². The first-order valence-electron chi connectivity index (χ1n) is 10.9. The second kappa shape index (κ2) is 9.65. The second-order valence-corrected chi connectivity index (χ2v) is 8.36. The standard InChI is InChI=1S/C22H29N3O6/c1-13(26)14-7-9-16(10-8-14)24-22(28)31-18-12-30-19-17(11-29-20(18)19)25-21(27)23-15-5-3-2-4-6-15/h7-10,15,17-20H,2-6,11-12H2,1H3,(H,24,28)(H2,23,25,27)/t17-,18-,19-,20+/m0/s1. The van der Waals surface area contributed by atoms with Gasteiger partial charge in [-0.1, -0.05) is 19.3 Å². The van der Waals surface area contributed by atoms with Gasteiger partial charge in [-0.15, -0.1) is 0 Å². The minimum Gasteiger partial charge on any atom is -0.441 e. The summed E-state index contributed by atoms with van der Waals surface area (Å²) in [5, 5.41) is 8.61. The summed E-state index contributed by atoms with van der Waals surface area (Å²) in [6.07, 6.45) is 3.58. The topological polar surface area (TPSA) is 115 Å². The molecule has 0 bridgehead atoms. The lowest BCUT2D eigenvalue weighted by molar-refractivity contribution is 0.00871. The van der Waals surface area contributed by atoms with Crippen molar-refractivity contribution < 1.29 is 28.6 Å². The maximum absolute atomic E-state index is 12.3. The van der Waals surface area contributed by atoms with Gasteiger partial charge in [0.1, 0.15) is 12.2 Å². The monoisotopic (exact) mass is 431 g/mol. The van der Waals surface area contributed by atoms with Crippen LogP contribution in [0.25, 0.3) is 0 Å². The van der Waals surface area contributed by atoms with Gasteiger partial charge in [0.05, 0.1) is 19.3 Å². The number of anilines is 1. The van der Waals surface area contributed by atoms with Crippen molar-refractivity contribution >= 4 is 23.6 Å². The van der Waals surface area contributed by atoms with Crippen molar-refractivity contribution in [3.05, 3.63) is 29.8 Å². The van der Waals surface area contributed by atoms with Gasteiger partial charge in [-0.25, -0.2) is 9.59 Å². The molecule has 1 saturated carbocycles. The number of rotatable bonds is 5. The average molecular weight is 431 g/mol. The number of Topliss-reactive ketones (excluding diaryl/α,β-unsaturated/α-hetero) is 1. The first kappa shape index (κ1) is 21.6. The van der Waals surface area contributed by atoms with E-state index >= 15 is 0 Å². The number of fused-ring (bicyclic) bond motifs is 1. The van der Waals surface area contributed by atoms with Crippen LogP contribution in [0, 0.1) is 0 Å². The number of ether oxygens (including phenoxy) is 3. The molecule has 0 unspecified atom stereocenters. The molecule has 9 nitrogen and oxygen atoms in total. The van der Waals surface area contributed by atoms with Gasteiger partial charge in [-0.3, -0.25) is 10.1 Å². The Balaban J connectivity index is 1.24. The van der Waals surface area contributed by atoms with Crippen LogP contribution < -0.4 is 16.0 Å². The van der Waals surface area contributed by atoms with Gasteiger partial charge in [0.25, 0.3) is 0 Å². The van der Waals surface area contributed by atoms with E-state index in [1.54, 1.807) is 24.3 Å². The van der Waals surface area contributed by atoms with E-state index in [9.17, 15) is 14.4 Å². The zero-order chi connectivity index (χ0) is 21.8. The molecule has 31 heavy (non-hydrogen) atoms. The van der Waals surface area contributed by atoms with Crippen LogP contribution in [-0.4, -0.2) is 61.5 Å². The Morgan fingerprint density at radius 2 is 1.65 bits per heavy atom. The van der Waals surface area contributed by atoms with Crippen LogP contribution in [0.3, 0.4) is 0 Å². The minimum absolute atomic E-state index is 0.0442. The molecule has 0 radical (unpaired) electrons. The molecule has 1 aromatic carbocycles. The Hall–Kier alpha value is -2.65. The van der Waals surface area contributed by atoms with Crippen molar-refractivity contribution in [2.45, 2.75) is 69.4 Å². The number of hydrogen-bond acceptors (Lipinski definition) is 6. The van der Waals surface area contributed by atoms with E-state index in [0.717, 1.165) is 25.7 Å². The van der Waals surface area contributed by atoms with Gasteiger partial charge in [0, 0.05) is 17.3 Å². The number of amides is 3. The van der Waals surface area contributed by atoms with Crippen LogP contribution in [0.4, 0.5) is 15.3 Å². The third-order valence-corrected chi connectivity index (χ3v) is 6.06. The molecule has 1 aliphatic carbocycles. The first-order chi connectivity index (χ1) is 15.0. The molecule has 1 aromatic rings. The number of ketones is 1. The van der Waals surface area contributed by atoms with E-state index in [2.05, 4.69) is 16.0 Å². The van der Waals surface area contributed by atoms with E-state index < -0.39 is 18.3 Å². The molecule has 2 aliphatic heterocycles. The molecule has 4 atom stereocenters. The smallest absolute Gasteiger partial charge is 0.412 e. The molecular weight excluding hydrogens is 402 g/mol. The summed E-state index contributed by atoms with van der Waals surface area (Å²) >= 11 is 0. The quantitative estimate of drug-likeness (QED) is 0.618. The van der Waals surface area contributed by atoms with Crippen LogP contribution >= 0.6 is 0 Å². The van der Waals surface area contributed by atoms with Crippen LogP contribution in [0.5, 0.6) is 0 Å². The van der Waals surface area contributed by atoms with Crippen molar-refractivity contribution in [2.24, 2.45) is 0 Å². The van der Waals surface area contributed by atoms with Crippen molar-refractivity contribution in [1.29, 1.82) is 0 Å². The minimum atomic E-state index is -0.625.